The van der Waals surface area contributed by atoms with Crippen molar-refractivity contribution in [2.45, 2.75) is 26.0 Å². The van der Waals surface area contributed by atoms with Crippen LogP contribution in [0, 0.1) is 0 Å². The van der Waals surface area contributed by atoms with E-state index in [1.807, 2.05) is 38.2 Å². The van der Waals surface area contributed by atoms with Gasteiger partial charge >= 0.3 is 0 Å². The van der Waals surface area contributed by atoms with E-state index >= 15 is 0 Å². The second-order valence-electron chi connectivity index (χ2n) is 5.23. The van der Waals surface area contributed by atoms with Gasteiger partial charge in [0.1, 0.15) is 5.75 Å². The van der Waals surface area contributed by atoms with Crippen molar-refractivity contribution in [3.63, 3.8) is 0 Å². The number of hydrogen-bond donors (Lipinski definition) is 1. The maximum Gasteiger partial charge on any atom is 0.225 e. The third-order valence-electron chi connectivity index (χ3n) is 3.49. The molecule has 1 saturated heterocycles. The Labute approximate surface area is 138 Å². The smallest absolute Gasteiger partial charge is 0.225 e. The molecule has 0 spiro atoms. The average molecular weight is 329 g/mol. The van der Waals surface area contributed by atoms with Gasteiger partial charge in [-0.1, -0.05) is 12.1 Å². The average Bonchev–Trinajstić information content (AvgIpc) is 2.50. The Kier molecular flexibility index (Phi) is 8.24. The van der Waals surface area contributed by atoms with Gasteiger partial charge in [-0.05, 0) is 24.6 Å². The molecule has 1 aromatic carbocycles. The van der Waals surface area contributed by atoms with E-state index in [2.05, 4.69) is 5.32 Å². The molecule has 1 aliphatic rings. The zero-order chi connectivity index (χ0) is 15.1. The summed E-state index contributed by atoms with van der Waals surface area (Å²) in [4.78, 5) is 13.9. The van der Waals surface area contributed by atoms with Crippen molar-refractivity contribution in [3.8, 4) is 5.75 Å². The molecule has 124 valence electrons. The maximum absolute atomic E-state index is 12.2. The van der Waals surface area contributed by atoms with E-state index in [0.29, 0.717) is 26.2 Å². The van der Waals surface area contributed by atoms with Gasteiger partial charge in [-0.15, -0.1) is 12.4 Å². The Bertz CT molecular complexity index is 447. The molecule has 1 atom stereocenters. The monoisotopic (exact) mass is 328 g/mol. The van der Waals surface area contributed by atoms with Crippen molar-refractivity contribution in [2.24, 2.45) is 0 Å². The highest BCUT2D eigenvalue weighted by Gasteiger charge is 2.19. The lowest BCUT2D eigenvalue weighted by Crippen LogP contribution is -2.41. The van der Waals surface area contributed by atoms with Gasteiger partial charge in [0.15, 0.2) is 0 Å². The van der Waals surface area contributed by atoms with E-state index in [1.54, 1.807) is 4.90 Å². The van der Waals surface area contributed by atoms with E-state index in [9.17, 15) is 4.79 Å². The van der Waals surface area contributed by atoms with Crippen LogP contribution in [0.3, 0.4) is 0 Å². The molecule has 1 heterocycles. The molecule has 5 nitrogen and oxygen atoms in total. The van der Waals surface area contributed by atoms with Crippen LogP contribution < -0.4 is 10.1 Å². The lowest BCUT2D eigenvalue weighted by atomic mass is 10.1. The highest BCUT2D eigenvalue weighted by Crippen LogP contribution is 2.14. The predicted molar refractivity (Wildman–Crippen MR) is 88.6 cm³/mol. The summed E-state index contributed by atoms with van der Waals surface area (Å²) in [5.41, 5.74) is 1.09. The first-order chi connectivity index (χ1) is 10.2. The Balaban J connectivity index is 0.00000242. The Morgan fingerprint density at radius 2 is 2.14 bits per heavy atom. The molecule has 0 bridgehead atoms. The van der Waals surface area contributed by atoms with Gasteiger partial charge in [0.25, 0.3) is 0 Å². The quantitative estimate of drug-likeness (QED) is 0.866. The van der Waals surface area contributed by atoms with Crippen LogP contribution in [0.5, 0.6) is 5.75 Å². The van der Waals surface area contributed by atoms with Gasteiger partial charge < -0.3 is 19.7 Å². The van der Waals surface area contributed by atoms with Crippen molar-refractivity contribution in [1.82, 2.24) is 10.2 Å². The fourth-order valence-corrected chi connectivity index (χ4v) is 2.32. The molecule has 6 heteroatoms. The van der Waals surface area contributed by atoms with Gasteiger partial charge in [0.05, 0.1) is 25.7 Å². The van der Waals surface area contributed by atoms with Crippen LogP contribution in [-0.4, -0.2) is 50.3 Å². The van der Waals surface area contributed by atoms with E-state index in [-0.39, 0.29) is 24.4 Å². The van der Waals surface area contributed by atoms with Crippen molar-refractivity contribution >= 4 is 18.3 Å². The normalized spacial score (nSPS) is 17.5. The Morgan fingerprint density at radius 1 is 1.41 bits per heavy atom. The summed E-state index contributed by atoms with van der Waals surface area (Å²) < 4.78 is 11.0. The first kappa shape index (κ1) is 18.7. The minimum atomic E-state index is -0.00553. The number of nitrogens with one attached hydrogen (secondary N) is 1. The van der Waals surface area contributed by atoms with Crippen LogP contribution >= 0.6 is 12.4 Å². The number of nitrogens with zero attached hydrogens (tertiary/aromatic N) is 1. The number of halogens is 1. The predicted octanol–water partition coefficient (Wildman–Crippen LogP) is 1.84. The molecule has 1 amide bonds. The fraction of sp³-hybridized carbons (Fsp3) is 0.562. The summed E-state index contributed by atoms with van der Waals surface area (Å²) in [5.74, 6) is 0.967. The fourth-order valence-electron chi connectivity index (χ4n) is 2.32. The lowest BCUT2D eigenvalue weighted by Gasteiger charge is -2.25. The van der Waals surface area contributed by atoms with Crippen molar-refractivity contribution in [3.05, 3.63) is 29.8 Å². The summed E-state index contributed by atoms with van der Waals surface area (Å²) in [6, 6.07) is 7.86. The first-order valence-corrected chi connectivity index (χ1v) is 7.47. The summed E-state index contributed by atoms with van der Waals surface area (Å²) in [5, 5.41) is 3.24. The number of carbonyl (C=O) groups is 1. The van der Waals surface area contributed by atoms with Crippen molar-refractivity contribution in [1.29, 1.82) is 0 Å². The number of carbonyl (C=O) groups excluding carboxylic acids is 1. The van der Waals surface area contributed by atoms with Crippen LogP contribution in [0.2, 0.25) is 0 Å². The van der Waals surface area contributed by atoms with Gasteiger partial charge in [-0.25, -0.2) is 0 Å². The number of rotatable bonds is 6. The molecule has 0 radical (unpaired) electrons. The molecular weight excluding hydrogens is 304 g/mol. The summed E-state index contributed by atoms with van der Waals surface area (Å²) >= 11 is 0. The second-order valence-corrected chi connectivity index (χ2v) is 5.23. The lowest BCUT2D eigenvalue weighted by molar-refractivity contribution is -0.133. The van der Waals surface area contributed by atoms with E-state index in [0.717, 1.165) is 24.4 Å². The third kappa shape index (κ3) is 5.83. The summed E-state index contributed by atoms with van der Waals surface area (Å²) in [6.45, 7) is 5.52. The van der Waals surface area contributed by atoms with Crippen LogP contribution in [0.4, 0.5) is 0 Å². The van der Waals surface area contributed by atoms with E-state index in [1.165, 1.54) is 0 Å². The number of morpholine rings is 1. The van der Waals surface area contributed by atoms with Crippen LogP contribution in [0.15, 0.2) is 24.3 Å². The highest BCUT2D eigenvalue weighted by atomic mass is 35.5. The Morgan fingerprint density at radius 3 is 2.73 bits per heavy atom. The molecule has 1 aliphatic heterocycles. The first-order valence-electron chi connectivity index (χ1n) is 7.47. The molecule has 2 rings (SSSR count). The standard InChI is InChI=1S/C16H24N2O3.ClH/c1-3-20-14-6-4-13(5-7-14)12-18(2)16(19)10-15-11-17-8-9-21-15;/h4-7,15,17H,3,8-12H2,1-2H3;1H. The minimum absolute atomic E-state index is 0. The maximum atomic E-state index is 12.2. The molecule has 1 N–H and O–H groups in total. The second kappa shape index (κ2) is 9.66. The molecule has 1 unspecified atom stereocenters. The topological polar surface area (TPSA) is 50.8 Å². The molecule has 0 aliphatic carbocycles. The highest BCUT2D eigenvalue weighted by molar-refractivity contribution is 5.85. The van der Waals surface area contributed by atoms with Crippen molar-refractivity contribution in [2.75, 3.05) is 33.4 Å². The number of hydrogen-bond acceptors (Lipinski definition) is 4. The molecule has 0 saturated carbocycles. The summed E-state index contributed by atoms with van der Waals surface area (Å²) in [7, 11) is 1.83. The van der Waals surface area contributed by atoms with Crippen LogP contribution in [0.1, 0.15) is 18.9 Å². The molecule has 0 aromatic heterocycles. The molecular formula is C16H25ClN2O3. The van der Waals surface area contributed by atoms with E-state index in [4.69, 9.17) is 9.47 Å². The van der Waals surface area contributed by atoms with Crippen LogP contribution in [-0.2, 0) is 16.1 Å². The van der Waals surface area contributed by atoms with Gasteiger partial charge in [-0.2, -0.15) is 0 Å². The number of benzene rings is 1. The van der Waals surface area contributed by atoms with E-state index < -0.39 is 0 Å². The minimum Gasteiger partial charge on any atom is -0.494 e. The molecule has 22 heavy (non-hydrogen) atoms. The molecule has 1 aromatic rings. The number of ether oxygens (including phenoxy) is 2. The Hall–Kier alpha value is -1.30. The van der Waals surface area contributed by atoms with Crippen LogP contribution in [0.25, 0.3) is 0 Å². The van der Waals surface area contributed by atoms with Gasteiger partial charge in [0, 0.05) is 26.7 Å². The third-order valence-corrected chi connectivity index (χ3v) is 3.49. The largest absolute Gasteiger partial charge is 0.494 e. The summed E-state index contributed by atoms with van der Waals surface area (Å²) in [6.07, 6.45) is 0.426. The SMILES string of the molecule is CCOc1ccc(CN(C)C(=O)CC2CNCCO2)cc1.Cl. The van der Waals surface area contributed by atoms with Gasteiger partial charge in [0.2, 0.25) is 5.91 Å². The van der Waals surface area contributed by atoms with Gasteiger partial charge in [-0.3, -0.25) is 4.79 Å². The zero-order valence-corrected chi connectivity index (χ0v) is 14.0. The molecule has 1 fully saturated rings. The van der Waals surface area contributed by atoms with Crippen molar-refractivity contribution < 1.29 is 14.3 Å². The zero-order valence-electron chi connectivity index (χ0n) is 13.2. The number of amides is 1.